The third-order valence-electron chi connectivity index (χ3n) is 7.06. The summed E-state index contributed by atoms with van der Waals surface area (Å²) in [6, 6.07) is 23.7. The number of carbonyl (C=O) groups excluding carboxylic acids is 2. The number of carbonyl (C=O) groups is 2. The highest BCUT2D eigenvalue weighted by molar-refractivity contribution is 5.99. The molecule has 0 bridgehead atoms. The first-order chi connectivity index (χ1) is 20.8. The number of nitrogens with one attached hydrogen (secondary N) is 2. The van der Waals surface area contributed by atoms with Crippen LogP contribution in [0.2, 0.25) is 0 Å². The highest BCUT2D eigenvalue weighted by atomic mass is 16.6. The molecule has 1 unspecified atom stereocenters. The maximum atomic E-state index is 13.4. The second-order valence-corrected chi connectivity index (χ2v) is 10.0. The molecule has 0 amide bonds. The third kappa shape index (κ3) is 8.08. The van der Waals surface area contributed by atoms with Crippen LogP contribution in [0.25, 0.3) is 0 Å². The fourth-order valence-corrected chi connectivity index (χ4v) is 4.96. The smallest absolute Gasteiger partial charge is 0.336 e. The second-order valence-electron chi connectivity index (χ2n) is 10.0. The van der Waals surface area contributed by atoms with Crippen LogP contribution in [0, 0.1) is 10.1 Å². The number of allylic oxidation sites excluding steroid dienone is 2. The molecule has 1 aliphatic rings. The lowest BCUT2D eigenvalue weighted by Gasteiger charge is -2.30. The van der Waals surface area contributed by atoms with Gasteiger partial charge in [-0.25, -0.2) is 9.59 Å². The first-order valence-electron chi connectivity index (χ1n) is 13.9. The van der Waals surface area contributed by atoms with E-state index < -0.39 is 22.8 Å². The van der Waals surface area contributed by atoms with E-state index in [1.54, 1.807) is 19.9 Å². The van der Waals surface area contributed by atoms with Gasteiger partial charge in [-0.1, -0.05) is 54.6 Å². The molecule has 0 aliphatic carbocycles. The number of methoxy groups -OCH3 is 1. The Kier molecular flexibility index (Phi) is 10.7. The van der Waals surface area contributed by atoms with Gasteiger partial charge in [0.1, 0.15) is 0 Å². The van der Waals surface area contributed by atoms with E-state index in [0.29, 0.717) is 43.1 Å². The summed E-state index contributed by atoms with van der Waals surface area (Å²) in [5, 5.41) is 17.8. The minimum Gasteiger partial charge on any atom is -0.466 e. The van der Waals surface area contributed by atoms with Gasteiger partial charge >= 0.3 is 11.9 Å². The van der Waals surface area contributed by atoms with Gasteiger partial charge < -0.3 is 24.8 Å². The molecule has 10 heteroatoms. The Morgan fingerprint density at radius 1 is 0.884 bits per heavy atom. The molecule has 3 aromatic rings. The van der Waals surface area contributed by atoms with E-state index in [4.69, 9.17) is 14.2 Å². The quantitative estimate of drug-likeness (QED) is 0.117. The average Bonchev–Trinajstić information content (AvgIpc) is 3.01. The number of rotatable bonds is 13. The fourth-order valence-electron chi connectivity index (χ4n) is 4.96. The Morgan fingerprint density at radius 2 is 1.58 bits per heavy atom. The normalized spacial score (nSPS) is 14.6. The number of benzene rings is 3. The maximum absolute atomic E-state index is 13.4. The number of ether oxygens (including phenoxy) is 3. The zero-order valence-corrected chi connectivity index (χ0v) is 24.4. The number of hydrogen-bond acceptors (Lipinski definition) is 9. The average molecular weight is 586 g/mol. The topological polar surface area (TPSA) is 129 Å². The Morgan fingerprint density at radius 3 is 2.26 bits per heavy atom. The van der Waals surface area contributed by atoms with Crippen molar-refractivity contribution in [1.29, 1.82) is 0 Å². The molecule has 1 atom stereocenters. The van der Waals surface area contributed by atoms with E-state index in [-0.39, 0.29) is 23.4 Å². The van der Waals surface area contributed by atoms with Crippen molar-refractivity contribution >= 4 is 23.3 Å². The Bertz CT molecular complexity index is 1510. The first-order valence-corrected chi connectivity index (χ1v) is 13.9. The van der Waals surface area contributed by atoms with E-state index >= 15 is 0 Å². The van der Waals surface area contributed by atoms with Crippen molar-refractivity contribution in [3.63, 3.8) is 0 Å². The maximum Gasteiger partial charge on any atom is 0.336 e. The van der Waals surface area contributed by atoms with E-state index in [0.717, 1.165) is 16.8 Å². The van der Waals surface area contributed by atoms with Gasteiger partial charge in [0.25, 0.3) is 5.69 Å². The number of hydrogen-bond donors (Lipinski definition) is 2. The van der Waals surface area contributed by atoms with Crippen LogP contribution in [0.5, 0.6) is 0 Å². The minimum atomic E-state index is -0.900. The number of nitrogens with zero attached hydrogens (tertiary/aromatic N) is 1. The lowest BCUT2D eigenvalue weighted by atomic mass is 9.80. The molecule has 3 aromatic carbocycles. The van der Waals surface area contributed by atoms with Crippen LogP contribution >= 0.6 is 0 Å². The molecule has 2 N–H and O–H groups in total. The molecule has 0 saturated carbocycles. The van der Waals surface area contributed by atoms with E-state index in [2.05, 4.69) is 10.6 Å². The fraction of sp³-hybridized carbons (Fsp3) is 0.273. The molecule has 10 nitrogen and oxygen atoms in total. The summed E-state index contributed by atoms with van der Waals surface area (Å²) in [6.45, 7) is 5.31. The number of nitro benzene ring substituents is 1. The molecule has 0 spiro atoms. The Labute approximate surface area is 250 Å². The van der Waals surface area contributed by atoms with Gasteiger partial charge in [0.2, 0.25) is 0 Å². The van der Waals surface area contributed by atoms with Crippen LogP contribution in [0.3, 0.4) is 0 Å². The summed E-state index contributed by atoms with van der Waals surface area (Å²) in [6.07, 6.45) is 0.478. The van der Waals surface area contributed by atoms with Crippen LogP contribution in [-0.4, -0.2) is 43.7 Å². The van der Waals surface area contributed by atoms with Crippen LogP contribution < -0.4 is 10.6 Å². The summed E-state index contributed by atoms with van der Waals surface area (Å²) in [7, 11) is 1.25. The van der Waals surface area contributed by atoms with Gasteiger partial charge in [-0.3, -0.25) is 10.1 Å². The predicted octanol–water partition coefficient (Wildman–Crippen LogP) is 5.42. The van der Waals surface area contributed by atoms with Gasteiger partial charge in [0.15, 0.2) is 0 Å². The summed E-state index contributed by atoms with van der Waals surface area (Å²) in [5.41, 5.74) is 4.70. The lowest BCUT2D eigenvalue weighted by Crippen LogP contribution is -2.32. The Balaban J connectivity index is 1.36. The molecule has 1 aliphatic heterocycles. The van der Waals surface area contributed by atoms with Gasteiger partial charge in [0.05, 0.1) is 48.9 Å². The molecule has 0 fully saturated rings. The summed E-state index contributed by atoms with van der Waals surface area (Å²) in [5.74, 6) is -2.16. The Hall–Kier alpha value is -4.96. The van der Waals surface area contributed by atoms with E-state index in [1.165, 1.54) is 25.3 Å². The van der Waals surface area contributed by atoms with Crippen molar-refractivity contribution < 1.29 is 28.7 Å². The highest BCUT2D eigenvalue weighted by Crippen LogP contribution is 2.40. The van der Waals surface area contributed by atoms with Crippen molar-refractivity contribution in [3.05, 3.63) is 128 Å². The standard InChI is InChI=1S/C33H35N3O7/c1-22-29(32(37)41-3)31(26-10-7-11-28(20-26)36(39)40)30(23(2)35-22)33(38)43-18-16-24-12-14-27(15-13-24)34-17-19-42-21-25-8-5-4-6-9-25/h4-15,20,31,34-35H,16-19,21H2,1-3H3. The second kappa shape index (κ2) is 14.8. The zero-order valence-electron chi connectivity index (χ0n) is 24.4. The van der Waals surface area contributed by atoms with Crippen LogP contribution in [-0.2, 0) is 36.8 Å². The molecule has 0 aromatic heterocycles. The van der Waals surface area contributed by atoms with Crippen LogP contribution in [0.15, 0.2) is 101 Å². The van der Waals surface area contributed by atoms with Crippen molar-refractivity contribution in [1.82, 2.24) is 5.32 Å². The summed E-state index contributed by atoms with van der Waals surface area (Å²) >= 11 is 0. The van der Waals surface area contributed by atoms with Gasteiger partial charge in [-0.05, 0) is 42.7 Å². The van der Waals surface area contributed by atoms with Gasteiger partial charge in [-0.2, -0.15) is 0 Å². The molecular weight excluding hydrogens is 550 g/mol. The van der Waals surface area contributed by atoms with Crippen molar-refractivity contribution in [3.8, 4) is 0 Å². The monoisotopic (exact) mass is 585 g/mol. The first kappa shape index (κ1) is 31.0. The number of non-ortho nitro benzene ring substituents is 1. The van der Waals surface area contributed by atoms with Crippen molar-refractivity contribution in [2.75, 3.05) is 32.2 Å². The van der Waals surface area contributed by atoms with E-state index in [1.807, 2.05) is 54.6 Å². The van der Waals surface area contributed by atoms with Crippen molar-refractivity contribution in [2.24, 2.45) is 0 Å². The third-order valence-corrected chi connectivity index (χ3v) is 7.06. The van der Waals surface area contributed by atoms with Crippen molar-refractivity contribution in [2.45, 2.75) is 32.8 Å². The largest absolute Gasteiger partial charge is 0.466 e. The summed E-state index contributed by atoms with van der Waals surface area (Å²) < 4.78 is 16.4. The molecule has 0 radical (unpaired) electrons. The highest BCUT2D eigenvalue weighted by Gasteiger charge is 2.38. The number of esters is 2. The zero-order chi connectivity index (χ0) is 30.8. The molecule has 4 rings (SSSR count). The van der Waals surface area contributed by atoms with E-state index in [9.17, 15) is 19.7 Å². The summed E-state index contributed by atoms with van der Waals surface area (Å²) in [4.78, 5) is 37.2. The molecule has 224 valence electrons. The van der Waals surface area contributed by atoms with Gasteiger partial charge in [-0.15, -0.1) is 0 Å². The molecular formula is C33H35N3O7. The number of nitro groups is 1. The number of anilines is 1. The van der Waals surface area contributed by atoms with Gasteiger partial charge in [0, 0.05) is 42.2 Å². The molecule has 0 saturated heterocycles. The lowest BCUT2D eigenvalue weighted by molar-refractivity contribution is -0.384. The minimum absolute atomic E-state index is 0.105. The van der Waals surface area contributed by atoms with Crippen LogP contribution in [0.1, 0.15) is 36.5 Å². The van der Waals surface area contributed by atoms with Crippen LogP contribution in [0.4, 0.5) is 11.4 Å². The molecule has 43 heavy (non-hydrogen) atoms. The SMILES string of the molecule is COC(=O)C1=C(C)NC(C)=C(C(=O)OCCc2ccc(NCCOCc3ccccc3)cc2)C1c1cccc([N+](=O)[O-])c1. The number of dihydropyridines is 1. The molecule has 1 heterocycles. The predicted molar refractivity (Wildman–Crippen MR) is 162 cm³/mol.